The van der Waals surface area contributed by atoms with E-state index in [0.29, 0.717) is 12.2 Å². The average molecular weight is 413 g/mol. The Morgan fingerprint density at radius 1 is 1.33 bits per heavy atom. The molecule has 9 heteroatoms. The molecule has 2 aromatic rings. The van der Waals surface area contributed by atoms with E-state index < -0.39 is 27.9 Å². The maximum atomic E-state index is 13.4. The minimum atomic E-state index is -4.08. The van der Waals surface area contributed by atoms with Gasteiger partial charge in [-0.25, -0.2) is 12.8 Å². The van der Waals surface area contributed by atoms with Gasteiger partial charge in [0.2, 0.25) is 0 Å². The Kier molecular flexibility index (Phi) is 5.57. The number of hydrogen-bond donors (Lipinski definition) is 1. The number of nitrogens with zero attached hydrogens (tertiary/aromatic N) is 1. The van der Waals surface area contributed by atoms with Crippen LogP contribution in [-0.2, 0) is 14.8 Å². The molecule has 1 heterocycles. The molecule has 0 radical (unpaired) electrons. The Morgan fingerprint density at radius 3 is 2.78 bits per heavy atom. The van der Waals surface area contributed by atoms with Crippen LogP contribution in [-0.4, -0.2) is 33.5 Å². The molecule has 0 saturated carbocycles. The predicted octanol–water partition coefficient (Wildman–Crippen LogP) is 2.96. The van der Waals surface area contributed by atoms with E-state index in [9.17, 15) is 17.6 Å². The van der Waals surface area contributed by atoms with Gasteiger partial charge in [0.25, 0.3) is 15.9 Å². The van der Waals surface area contributed by atoms with E-state index >= 15 is 0 Å². The van der Waals surface area contributed by atoms with Gasteiger partial charge in [0.1, 0.15) is 11.6 Å². The molecule has 0 aliphatic carbocycles. The number of benzene rings is 2. The summed E-state index contributed by atoms with van der Waals surface area (Å²) < 4.78 is 46.5. The van der Waals surface area contributed by atoms with Crippen LogP contribution in [0.5, 0.6) is 5.75 Å². The predicted molar refractivity (Wildman–Crippen MR) is 100 cm³/mol. The second-order valence-corrected chi connectivity index (χ2v) is 8.25. The van der Waals surface area contributed by atoms with Crippen molar-refractivity contribution in [1.82, 2.24) is 5.32 Å². The molecule has 3 rings (SSSR count). The summed E-state index contributed by atoms with van der Waals surface area (Å²) >= 11 is 5.75. The number of rotatable bonds is 5. The lowest BCUT2D eigenvalue weighted by molar-refractivity contribution is -0.127. The molecule has 1 atom stereocenters. The minimum absolute atomic E-state index is 0.168. The number of ether oxygens (including phenoxy) is 1. The third kappa shape index (κ3) is 3.86. The summed E-state index contributed by atoms with van der Waals surface area (Å²) in [5, 5.41) is 2.41. The van der Waals surface area contributed by atoms with Crippen LogP contribution < -0.4 is 14.4 Å². The highest BCUT2D eigenvalue weighted by Gasteiger charge is 2.37. The van der Waals surface area contributed by atoms with Crippen LogP contribution in [0.25, 0.3) is 0 Å². The summed E-state index contributed by atoms with van der Waals surface area (Å²) in [7, 11) is -4.08. The van der Waals surface area contributed by atoms with E-state index in [1.54, 1.807) is 24.3 Å². The monoisotopic (exact) mass is 412 g/mol. The minimum Gasteiger partial charge on any atom is -0.476 e. The van der Waals surface area contributed by atoms with Crippen LogP contribution in [0.1, 0.15) is 13.3 Å². The van der Waals surface area contributed by atoms with Crippen molar-refractivity contribution in [3.8, 4) is 5.75 Å². The SMILES string of the molecule is CCCNC(=O)C1CN(S(=O)(=O)c2ccc(F)c(Cl)c2)c2ccccc2O1. The second-order valence-electron chi connectivity index (χ2n) is 5.98. The smallest absolute Gasteiger partial charge is 0.264 e. The quantitative estimate of drug-likeness (QED) is 0.819. The Morgan fingerprint density at radius 2 is 2.07 bits per heavy atom. The third-order valence-corrected chi connectivity index (χ3v) is 6.12. The van der Waals surface area contributed by atoms with Gasteiger partial charge in [-0.3, -0.25) is 9.10 Å². The van der Waals surface area contributed by atoms with Crippen LogP contribution in [0, 0.1) is 5.82 Å². The summed E-state index contributed by atoms with van der Waals surface area (Å²) in [5.74, 6) is -0.837. The number of para-hydroxylation sites is 2. The summed E-state index contributed by atoms with van der Waals surface area (Å²) in [4.78, 5) is 12.2. The van der Waals surface area contributed by atoms with Gasteiger partial charge in [0.05, 0.1) is 22.2 Å². The first-order chi connectivity index (χ1) is 12.8. The first-order valence-electron chi connectivity index (χ1n) is 8.35. The molecule has 0 bridgehead atoms. The zero-order valence-electron chi connectivity index (χ0n) is 14.5. The summed E-state index contributed by atoms with van der Waals surface area (Å²) in [5.41, 5.74) is 0.303. The zero-order chi connectivity index (χ0) is 19.6. The fourth-order valence-corrected chi connectivity index (χ4v) is 4.44. The van der Waals surface area contributed by atoms with Crippen molar-refractivity contribution < 1.29 is 22.3 Å². The van der Waals surface area contributed by atoms with Crippen LogP contribution in [0.4, 0.5) is 10.1 Å². The Balaban J connectivity index is 2.01. The van der Waals surface area contributed by atoms with Crippen molar-refractivity contribution in [3.63, 3.8) is 0 Å². The second kappa shape index (κ2) is 7.74. The van der Waals surface area contributed by atoms with Gasteiger partial charge in [0.15, 0.2) is 6.10 Å². The van der Waals surface area contributed by atoms with Gasteiger partial charge in [-0.2, -0.15) is 0 Å². The van der Waals surface area contributed by atoms with Crippen molar-refractivity contribution in [2.24, 2.45) is 0 Å². The van der Waals surface area contributed by atoms with Gasteiger partial charge < -0.3 is 10.1 Å². The van der Waals surface area contributed by atoms with Crippen molar-refractivity contribution in [3.05, 3.63) is 53.3 Å². The highest BCUT2D eigenvalue weighted by atomic mass is 35.5. The lowest BCUT2D eigenvalue weighted by Gasteiger charge is -2.34. The lowest BCUT2D eigenvalue weighted by atomic mass is 10.2. The van der Waals surface area contributed by atoms with Crippen molar-refractivity contribution in [2.45, 2.75) is 24.3 Å². The normalized spacial score (nSPS) is 16.4. The molecule has 2 aromatic carbocycles. The zero-order valence-corrected chi connectivity index (χ0v) is 16.1. The number of anilines is 1. The number of carbonyl (C=O) groups is 1. The van der Waals surface area contributed by atoms with Crippen molar-refractivity contribution in [1.29, 1.82) is 0 Å². The Labute approximate surface area is 161 Å². The molecule has 1 unspecified atom stereocenters. The standard InChI is InChI=1S/C18H18ClFN2O4S/c1-2-9-21-18(23)17-11-22(15-5-3-4-6-16(15)26-17)27(24,25)12-7-8-14(20)13(19)10-12/h3-8,10,17H,2,9,11H2,1H3,(H,21,23). The fourth-order valence-electron chi connectivity index (χ4n) is 2.69. The van der Waals surface area contributed by atoms with Gasteiger partial charge in [-0.15, -0.1) is 0 Å². The molecule has 6 nitrogen and oxygen atoms in total. The first-order valence-corrected chi connectivity index (χ1v) is 10.2. The van der Waals surface area contributed by atoms with Crippen LogP contribution in [0.2, 0.25) is 5.02 Å². The summed E-state index contributed by atoms with van der Waals surface area (Å²) in [6, 6.07) is 9.71. The molecule has 0 fully saturated rings. The van der Waals surface area contributed by atoms with Gasteiger partial charge >= 0.3 is 0 Å². The van der Waals surface area contributed by atoms with Crippen LogP contribution in [0.15, 0.2) is 47.4 Å². The lowest BCUT2D eigenvalue weighted by Crippen LogP contribution is -2.50. The molecule has 27 heavy (non-hydrogen) atoms. The Hall–Kier alpha value is -2.32. The first kappa shape index (κ1) is 19.4. The fraction of sp³-hybridized carbons (Fsp3) is 0.278. The Bertz CT molecular complexity index is 968. The number of halogens is 2. The van der Waals surface area contributed by atoms with Crippen LogP contribution >= 0.6 is 11.6 Å². The molecule has 1 amide bonds. The third-order valence-electron chi connectivity index (χ3n) is 4.06. The molecule has 0 spiro atoms. The van der Waals surface area contributed by atoms with E-state index in [2.05, 4.69) is 5.32 Å². The van der Waals surface area contributed by atoms with Crippen molar-refractivity contribution in [2.75, 3.05) is 17.4 Å². The summed E-state index contributed by atoms with van der Waals surface area (Å²) in [6.45, 7) is 2.16. The molecule has 144 valence electrons. The van der Waals surface area contributed by atoms with Gasteiger partial charge in [-0.1, -0.05) is 30.7 Å². The number of fused-ring (bicyclic) bond motifs is 1. The van der Waals surface area contributed by atoms with E-state index in [1.807, 2.05) is 6.92 Å². The van der Waals surface area contributed by atoms with Crippen molar-refractivity contribution >= 4 is 33.2 Å². The number of hydrogen-bond acceptors (Lipinski definition) is 4. The molecule has 1 aliphatic rings. The largest absolute Gasteiger partial charge is 0.476 e. The highest BCUT2D eigenvalue weighted by molar-refractivity contribution is 7.92. The maximum Gasteiger partial charge on any atom is 0.264 e. The molecule has 1 N–H and O–H groups in total. The topological polar surface area (TPSA) is 75.7 Å². The van der Waals surface area contributed by atoms with Gasteiger partial charge in [-0.05, 0) is 36.8 Å². The number of amides is 1. The molecule has 0 aromatic heterocycles. The van der Waals surface area contributed by atoms with Crippen LogP contribution in [0.3, 0.4) is 0 Å². The molecular formula is C18H18ClFN2O4S. The molecule has 0 saturated heterocycles. The molecule has 1 aliphatic heterocycles. The van der Waals surface area contributed by atoms with E-state index in [4.69, 9.17) is 16.3 Å². The van der Waals surface area contributed by atoms with E-state index in [0.717, 1.165) is 28.9 Å². The number of sulfonamides is 1. The number of nitrogens with one attached hydrogen (secondary N) is 1. The maximum absolute atomic E-state index is 13.4. The van der Waals surface area contributed by atoms with E-state index in [-0.39, 0.29) is 22.2 Å². The van der Waals surface area contributed by atoms with Gasteiger partial charge in [0, 0.05) is 6.54 Å². The number of carbonyl (C=O) groups excluding carboxylic acids is 1. The molecular weight excluding hydrogens is 395 g/mol. The van der Waals surface area contributed by atoms with E-state index in [1.165, 1.54) is 0 Å². The highest BCUT2D eigenvalue weighted by Crippen LogP contribution is 2.37. The average Bonchev–Trinajstić information content (AvgIpc) is 2.67. The summed E-state index contributed by atoms with van der Waals surface area (Å²) in [6.07, 6.45) is -0.261.